The summed E-state index contributed by atoms with van der Waals surface area (Å²) in [6.45, 7) is 6.08. The Morgan fingerprint density at radius 3 is 2.21 bits per heavy atom. The van der Waals surface area contributed by atoms with Crippen molar-refractivity contribution in [3.63, 3.8) is 0 Å². The summed E-state index contributed by atoms with van der Waals surface area (Å²) in [7, 11) is 3.34. The molecule has 1 saturated heterocycles. The molecule has 2 unspecified atom stereocenters. The molecular weight excluding hydrogens is 366 g/mol. The molecule has 1 aliphatic rings. The molecule has 1 fully saturated rings. The monoisotopic (exact) mass is 395 g/mol. The van der Waals surface area contributed by atoms with E-state index in [1.165, 1.54) is 0 Å². The van der Waals surface area contributed by atoms with E-state index in [0.29, 0.717) is 6.42 Å². The molecule has 1 aliphatic heterocycles. The largest absolute Gasteiger partial charge is 0.508 e. The summed E-state index contributed by atoms with van der Waals surface area (Å²) >= 11 is 0. The van der Waals surface area contributed by atoms with Crippen molar-refractivity contribution in [1.29, 1.82) is 0 Å². The molecule has 3 rings (SSSR count). The Morgan fingerprint density at radius 1 is 1.10 bits per heavy atom. The van der Waals surface area contributed by atoms with Crippen LogP contribution in [0.15, 0.2) is 54.6 Å². The van der Waals surface area contributed by atoms with E-state index in [0.717, 1.165) is 11.1 Å². The second kappa shape index (κ2) is 7.43. The fraction of sp³-hybridized carbons (Fsp3) is 0.391. The first-order valence-electron chi connectivity index (χ1n) is 9.74. The molecule has 2 aromatic carbocycles. The number of amides is 3. The number of phenols is 1. The lowest BCUT2D eigenvalue weighted by Crippen LogP contribution is -2.58. The topological polar surface area (TPSA) is 72.9 Å². The summed E-state index contributed by atoms with van der Waals surface area (Å²) < 4.78 is 0. The highest BCUT2D eigenvalue weighted by Gasteiger charge is 2.61. The third kappa shape index (κ3) is 3.43. The first-order chi connectivity index (χ1) is 13.6. The number of carbonyl (C=O) groups is 2. The highest BCUT2D eigenvalue weighted by molar-refractivity contribution is 5.96. The third-order valence-electron chi connectivity index (χ3n) is 5.55. The SMILES string of the molecule is CNC(=O)N1C(C(C)(C)C)N(C)C(=O)C1(Cc1ccc(O)cc1)c1ccccc1. The molecule has 6 nitrogen and oxygen atoms in total. The zero-order valence-electron chi connectivity index (χ0n) is 17.6. The molecule has 2 atom stereocenters. The minimum atomic E-state index is -1.19. The summed E-state index contributed by atoms with van der Waals surface area (Å²) in [5, 5.41) is 12.4. The van der Waals surface area contributed by atoms with Gasteiger partial charge in [0.05, 0.1) is 0 Å². The van der Waals surface area contributed by atoms with Gasteiger partial charge in [0.2, 0.25) is 0 Å². The Morgan fingerprint density at radius 2 is 1.69 bits per heavy atom. The van der Waals surface area contributed by atoms with Crippen LogP contribution in [0.1, 0.15) is 31.9 Å². The van der Waals surface area contributed by atoms with E-state index in [9.17, 15) is 14.7 Å². The molecule has 6 heteroatoms. The lowest BCUT2D eigenvalue weighted by atomic mass is 9.81. The van der Waals surface area contributed by atoms with Crippen LogP contribution in [0.25, 0.3) is 0 Å². The third-order valence-corrected chi connectivity index (χ3v) is 5.55. The molecule has 1 heterocycles. The molecule has 0 spiro atoms. The molecule has 0 bridgehead atoms. The van der Waals surface area contributed by atoms with Gasteiger partial charge in [0.1, 0.15) is 11.9 Å². The number of nitrogens with zero attached hydrogens (tertiary/aromatic N) is 2. The van der Waals surface area contributed by atoms with Crippen LogP contribution in [-0.4, -0.2) is 47.1 Å². The Bertz CT molecular complexity index is 890. The lowest BCUT2D eigenvalue weighted by molar-refractivity contribution is -0.133. The van der Waals surface area contributed by atoms with Crippen LogP contribution in [0.3, 0.4) is 0 Å². The van der Waals surface area contributed by atoms with E-state index < -0.39 is 11.7 Å². The maximum absolute atomic E-state index is 13.8. The molecule has 2 N–H and O–H groups in total. The molecule has 154 valence electrons. The van der Waals surface area contributed by atoms with E-state index in [-0.39, 0.29) is 23.1 Å². The van der Waals surface area contributed by atoms with Gasteiger partial charge in [-0.15, -0.1) is 0 Å². The summed E-state index contributed by atoms with van der Waals surface area (Å²) in [6.07, 6.45) is -0.118. The van der Waals surface area contributed by atoms with Crippen molar-refractivity contribution in [2.45, 2.75) is 38.9 Å². The van der Waals surface area contributed by atoms with Gasteiger partial charge >= 0.3 is 6.03 Å². The van der Waals surface area contributed by atoms with Crippen LogP contribution in [0, 0.1) is 5.41 Å². The molecular formula is C23H29N3O3. The van der Waals surface area contributed by atoms with Gasteiger partial charge in [-0.2, -0.15) is 0 Å². The highest BCUT2D eigenvalue weighted by atomic mass is 16.3. The van der Waals surface area contributed by atoms with Gasteiger partial charge < -0.3 is 15.3 Å². The van der Waals surface area contributed by atoms with E-state index in [1.54, 1.807) is 48.2 Å². The van der Waals surface area contributed by atoms with Crippen LogP contribution < -0.4 is 5.32 Å². The number of urea groups is 1. The van der Waals surface area contributed by atoms with Gasteiger partial charge in [0, 0.05) is 25.9 Å². The minimum Gasteiger partial charge on any atom is -0.508 e. The van der Waals surface area contributed by atoms with Crippen molar-refractivity contribution in [1.82, 2.24) is 15.1 Å². The zero-order valence-corrected chi connectivity index (χ0v) is 17.6. The molecule has 2 aromatic rings. The molecule has 0 saturated carbocycles. The van der Waals surface area contributed by atoms with Gasteiger partial charge in [0.15, 0.2) is 5.54 Å². The van der Waals surface area contributed by atoms with Crippen molar-refractivity contribution in [3.05, 3.63) is 65.7 Å². The first-order valence-corrected chi connectivity index (χ1v) is 9.74. The van der Waals surface area contributed by atoms with E-state index in [2.05, 4.69) is 5.32 Å². The molecule has 0 aliphatic carbocycles. The number of phenolic OH excluding ortho intramolecular Hbond substituents is 1. The number of likely N-dealkylation sites (N-methyl/N-ethyl adjacent to an activating group) is 1. The van der Waals surface area contributed by atoms with Gasteiger partial charge in [-0.3, -0.25) is 9.69 Å². The maximum Gasteiger partial charge on any atom is 0.319 e. The second-order valence-electron chi connectivity index (χ2n) is 8.65. The Hall–Kier alpha value is -3.02. The van der Waals surface area contributed by atoms with Gasteiger partial charge in [-0.25, -0.2) is 4.79 Å². The van der Waals surface area contributed by atoms with Crippen molar-refractivity contribution in [2.75, 3.05) is 14.1 Å². The second-order valence-corrected chi connectivity index (χ2v) is 8.65. The number of hydrogen-bond acceptors (Lipinski definition) is 3. The normalized spacial score (nSPS) is 22.1. The van der Waals surface area contributed by atoms with Crippen molar-refractivity contribution in [2.24, 2.45) is 5.41 Å². The van der Waals surface area contributed by atoms with E-state index in [1.807, 2.05) is 51.1 Å². The number of carbonyl (C=O) groups excluding carboxylic acids is 2. The predicted octanol–water partition coefficient (Wildman–Crippen LogP) is 3.32. The van der Waals surface area contributed by atoms with Gasteiger partial charge in [-0.1, -0.05) is 63.2 Å². The van der Waals surface area contributed by atoms with Crippen molar-refractivity contribution in [3.8, 4) is 5.75 Å². The average Bonchev–Trinajstić information content (AvgIpc) is 2.92. The van der Waals surface area contributed by atoms with Crippen molar-refractivity contribution < 1.29 is 14.7 Å². The Kier molecular flexibility index (Phi) is 5.30. The lowest BCUT2D eigenvalue weighted by Gasteiger charge is -2.43. The summed E-state index contributed by atoms with van der Waals surface area (Å²) in [4.78, 5) is 30.4. The van der Waals surface area contributed by atoms with E-state index in [4.69, 9.17) is 0 Å². The number of benzene rings is 2. The van der Waals surface area contributed by atoms with Crippen LogP contribution in [0.2, 0.25) is 0 Å². The maximum atomic E-state index is 13.8. The molecule has 0 aromatic heterocycles. The van der Waals surface area contributed by atoms with Crippen LogP contribution in [0.5, 0.6) is 5.75 Å². The molecule has 3 amide bonds. The quantitative estimate of drug-likeness (QED) is 0.837. The fourth-order valence-corrected chi connectivity index (χ4v) is 4.41. The van der Waals surface area contributed by atoms with Crippen LogP contribution in [-0.2, 0) is 16.8 Å². The summed E-state index contributed by atoms with van der Waals surface area (Å²) in [5.41, 5.74) is 0.0742. The van der Waals surface area contributed by atoms with Gasteiger partial charge in [-0.05, 0) is 23.3 Å². The first kappa shape index (κ1) is 20.7. The summed E-state index contributed by atoms with van der Waals surface area (Å²) in [5.74, 6) is 0.0356. The molecule has 0 radical (unpaired) electrons. The Balaban J connectivity index is 2.27. The number of aromatic hydroxyl groups is 1. The minimum absolute atomic E-state index is 0.125. The number of hydrogen-bond donors (Lipinski definition) is 2. The Labute approximate surface area is 172 Å². The van der Waals surface area contributed by atoms with Crippen LogP contribution >= 0.6 is 0 Å². The number of rotatable bonds is 3. The smallest absolute Gasteiger partial charge is 0.319 e. The van der Waals surface area contributed by atoms with Gasteiger partial charge in [0.25, 0.3) is 5.91 Å². The molecule has 29 heavy (non-hydrogen) atoms. The fourth-order valence-electron chi connectivity index (χ4n) is 4.41. The summed E-state index contributed by atoms with van der Waals surface area (Å²) in [6, 6.07) is 15.9. The average molecular weight is 396 g/mol. The van der Waals surface area contributed by atoms with Crippen LogP contribution in [0.4, 0.5) is 4.79 Å². The predicted molar refractivity (Wildman–Crippen MR) is 112 cm³/mol. The van der Waals surface area contributed by atoms with Crippen molar-refractivity contribution >= 4 is 11.9 Å². The van der Waals surface area contributed by atoms with E-state index >= 15 is 0 Å². The zero-order chi connectivity index (χ0) is 21.4. The highest BCUT2D eigenvalue weighted by Crippen LogP contribution is 2.46. The number of nitrogens with one attached hydrogen (secondary N) is 1. The standard InChI is InChI=1S/C23H29N3O3/c1-22(2,3)19-25(5)20(28)23(26(19)21(29)24-4,17-9-7-6-8-10-17)15-16-11-13-18(27)14-12-16/h6-14,19,27H,15H2,1-5H3,(H,24,29).